The summed E-state index contributed by atoms with van der Waals surface area (Å²) < 4.78 is 5.71. The Morgan fingerprint density at radius 1 is 1.08 bits per heavy atom. The lowest BCUT2D eigenvalue weighted by Crippen LogP contribution is -2.38. The quantitative estimate of drug-likeness (QED) is 0.795. The average molecular weight is 326 g/mol. The normalized spacial score (nSPS) is 12.0. The molecule has 1 atom stereocenters. The number of nitrogens with one attached hydrogen (secondary N) is 1. The van der Waals surface area contributed by atoms with Gasteiger partial charge in [0.05, 0.1) is 6.54 Å². The van der Waals surface area contributed by atoms with Crippen molar-refractivity contribution in [2.45, 2.75) is 19.9 Å². The molecule has 2 aromatic carbocycles. The van der Waals surface area contributed by atoms with Crippen LogP contribution >= 0.6 is 0 Å². The summed E-state index contributed by atoms with van der Waals surface area (Å²) in [7, 11) is 3.81. The first kappa shape index (κ1) is 18.0. The van der Waals surface area contributed by atoms with Gasteiger partial charge in [0.2, 0.25) is 5.91 Å². The lowest BCUT2D eigenvalue weighted by atomic mass is 10.1. The number of likely N-dealkylation sites (N-methyl/N-ethyl adjacent to an activating group) is 1. The van der Waals surface area contributed by atoms with E-state index < -0.39 is 0 Å². The average Bonchev–Trinajstić information content (AvgIpc) is 2.55. The zero-order chi connectivity index (χ0) is 17.5. The molecular formula is C20H26N2O2. The van der Waals surface area contributed by atoms with E-state index in [1.54, 1.807) is 0 Å². The number of rotatable bonds is 7. The number of nitrogens with zero attached hydrogens (tertiary/aromatic N) is 1. The highest BCUT2D eigenvalue weighted by Crippen LogP contribution is 2.18. The van der Waals surface area contributed by atoms with Crippen molar-refractivity contribution in [1.29, 1.82) is 0 Å². The molecule has 0 aliphatic rings. The summed E-state index contributed by atoms with van der Waals surface area (Å²) in [4.78, 5) is 14.4. The van der Waals surface area contributed by atoms with Crippen LogP contribution in [0.15, 0.2) is 48.5 Å². The van der Waals surface area contributed by atoms with E-state index in [9.17, 15) is 4.79 Å². The smallest absolute Gasteiger partial charge is 0.242 e. The zero-order valence-corrected chi connectivity index (χ0v) is 14.9. The van der Waals surface area contributed by atoms with E-state index in [1.807, 2.05) is 67.5 Å². The number of benzene rings is 2. The molecule has 1 amide bonds. The van der Waals surface area contributed by atoms with Crippen LogP contribution in [-0.2, 0) is 4.79 Å². The molecule has 4 heteroatoms. The molecule has 0 saturated carbocycles. The van der Waals surface area contributed by atoms with Crippen molar-refractivity contribution in [2.75, 3.05) is 27.2 Å². The van der Waals surface area contributed by atoms with E-state index in [0.29, 0.717) is 13.2 Å². The molecule has 128 valence electrons. The van der Waals surface area contributed by atoms with Gasteiger partial charge >= 0.3 is 0 Å². The van der Waals surface area contributed by atoms with Crippen molar-refractivity contribution in [3.05, 3.63) is 65.2 Å². The molecule has 4 nitrogen and oxygen atoms in total. The minimum atomic E-state index is -0.298. The number of amides is 1. The molecule has 0 spiro atoms. The van der Waals surface area contributed by atoms with Gasteiger partial charge in [-0.25, -0.2) is 0 Å². The van der Waals surface area contributed by atoms with Crippen LogP contribution in [0.25, 0.3) is 0 Å². The summed E-state index contributed by atoms with van der Waals surface area (Å²) in [5.74, 6) is 0.814. The zero-order valence-electron chi connectivity index (χ0n) is 14.9. The van der Waals surface area contributed by atoms with E-state index in [2.05, 4.69) is 19.2 Å². The molecule has 0 aromatic heterocycles. The number of carbonyl (C=O) groups excluding carboxylic acids is 1. The molecule has 0 aliphatic heterocycles. The third kappa shape index (κ3) is 4.83. The number of carbonyl (C=O) groups is 1. The van der Waals surface area contributed by atoms with Gasteiger partial charge in [-0.05, 0) is 56.8 Å². The fraction of sp³-hybridized carbons (Fsp3) is 0.350. The largest absolute Gasteiger partial charge is 0.492 e. The first-order chi connectivity index (χ1) is 11.5. The molecule has 0 bridgehead atoms. The Labute approximate surface area is 144 Å². The standard InChI is InChI=1S/C20H26N2O2/c1-15-10-11-18(14-16(15)2)24-13-12-21-20(23)19(22(3)4)17-8-6-5-7-9-17/h5-11,14,19H,12-13H2,1-4H3,(H,21,23)/t19-/m0/s1. The molecule has 0 saturated heterocycles. The SMILES string of the molecule is Cc1ccc(OCCNC(=O)[C@H](c2ccccc2)N(C)C)cc1C. The van der Waals surface area contributed by atoms with Crippen LogP contribution in [0, 0.1) is 13.8 Å². The van der Waals surface area contributed by atoms with Gasteiger partial charge in [0.1, 0.15) is 18.4 Å². The van der Waals surface area contributed by atoms with Gasteiger partial charge in [-0.15, -0.1) is 0 Å². The summed E-state index contributed by atoms with van der Waals surface area (Å²) in [5, 5.41) is 2.95. The van der Waals surface area contributed by atoms with Crippen molar-refractivity contribution in [1.82, 2.24) is 10.2 Å². The van der Waals surface area contributed by atoms with Crippen LogP contribution in [0.1, 0.15) is 22.7 Å². The van der Waals surface area contributed by atoms with Gasteiger partial charge in [0, 0.05) is 0 Å². The Hall–Kier alpha value is -2.33. The fourth-order valence-electron chi connectivity index (χ4n) is 2.56. The highest BCUT2D eigenvalue weighted by molar-refractivity contribution is 5.83. The van der Waals surface area contributed by atoms with Gasteiger partial charge in [0.25, 0.3) is 0 Å². The molecular weight excluding hydrogens is 300 g/mol. The third-order valence-electron chi connectivity index (χ3n) is 4.03. The van der Waals surface area contributed by atoms with E-state index in [-0.39, 0.29) is 11.9 Å². The first-order valence-corrected chi connectivity index (χ1v) is 8.18. The Bertz CT molecular complexity index is 669. The second kappa shape index (κ2) is 8.50. The number of hydrogen-bond donors (Lipinski definition) is 1. The van der Waals surface area contributed by atoms with Crippen molar-refractivity contribution in [3.63, 3.8) is 0 Å². The molecule has 0 heterocycles. The molecule has 0 aliphatic carbocycles. The van der Waals surface area contributed by atoms with Crippen LogP contribution in [0.2, 0.25) is 0 Å². The van der Waals surface area contributed by atoms with Crippen molar-refractivity contribution < 1.29 is 9.53 Å². The topological polar surface area (TPSA) is 41.6 Å². The van der Waals surface area contributed by atoms with Gasteiger partial charge < -0.3 is 10.1 Å². The fourth-order valence-corrected chi connectivity index (χ4v) is 2.56. The highest BCUT2D eigenvalue weighted by atomic mass is 16.5. The van der Waals surface area contributed by atoms with Gasteiger partial charge in [0.15, 0.2) is 0 Å². The monoisotopic (exact) mass is 326 g/mol. The van der Waals surface area contributed by atoms with Crippen LogP contribution in [0.3, 0.4) is 0 Å². The summed E-state index contributed by atoms with van der Waals surface area (Å²) in [6, 6.07) is 15.5. The summed E-state index contributed by atoms with van der Waals surface area (Å²) in [6.45, 7) is 5.06. The molecule has 2 aromatic rings. The second-order valence-electron chi connectivity index (χ2n) is 6.16. The van der Waals surface area contributed by atoms with Gasteiger partial charge in [-0.3, -0.25) is 9.69 Å². The van der Waals surface area contributed by atoms with Gasteiger partial charge in [-0.1, -0.05) is 36.4 Å². The van der Waals surface area contributed by atoms with E-state index in [1.165, 1.54) is 11.1 Å². The predicted octanol–water partition coefficient (Wildman–Crippen LogP) is 3.10. The Morgan fingerprint density at radius 2 is 1.79 bits per heavy atom. The summed E-state index contributed by atoms with van der Waals surface area (Å²) in [5.41, 5.74) is 3.43. The van der Waals surface area contributed by atoms with Crippen LogP contribution < -0.4 is 10.1 Å². The summed E-state index contributed by atoms with van der Waals surface area (Å²) >= 11 is 0. The Kier molecular flexibility index (Phi) is 6.38. The highest BCUT2D eigenvalue weighted by Gasteiger charge is 2.22. The molecule has 0 unspecified atom stereocenters. The lowest BCUT2D eigenvalue weighted by Gasteiger charge is -2.23. The minimum Gasteiger partial charge on any atom is -0.492 e. The van der Waals surface area contributed by atoms with Gasteiger partial charge in [-0.2, -0.15) is 0 Å². The molecule has 2 rings (SSSR count). The Morgan fingerprint density at radius 3 is 2.42 bits per heavy atom. The maximum absolute atomic E-state index is 12.5. The Balaban J connectivity index is 1.86. The molecule has 1 N–H and O–H groups in total. The summed E-state index contributed by atoms with van der Waals surface area (Å²) in [6.07, 6.45) is 0. The van der Waals surface area contributed by atoms with Crippen molar-refractivity contribution in [3.8, 4) is 5.75 Å². The van der Waals surface area contributed by atoms with E-state index >= 15 is 0 Å². The number of hydrogen-bond acceptors (Lipinski definition) is 3. The van der Waals surface area contributed by atoms with Crippen LogP contribution in [0.4, 0.5) is 0 Å². The molecule has 24 heavy (non-hydrogen) atoms. The number of ether oxygens (including phenoxy) is 1. The lowest BCUT2D eigenvalue weighted by molar-refractivity contribution is -0.125. The predicted molar refractivity (Wildman–Crippen MR) is 97.3 cm³/mol. The molecule has 0 fully saturated rings. The maximum Gasteiger partial charge on any atom is 0.242 e. The van der Waals surface area contributed by atoms with Crippen molar-refractivity contribution in [2.24, 2.45) is 0 Å². The maximum atomic E-state index is 12.5. The van der Waals surface area contributed by atoms with Crippen LogP contribution in [-0.4, -0.2) is 38.1 Å². The molecule has 0 radical (unpaired) electrons. The van der Waals surface area contributed by atoms with Crippen LogP contribution in [0.5, 0.6) is 5.75 Å². The number of aryl methyl sites for hydroxylation is 2. The van der Waals surface area contributed by atoms with Crippen molar-refractivity contribution >= 4 is 5.91 Å². The minimum absolute atomic E-state index is 0.0186. The van der Waals surface area contributed by atoms with E-state index in [4.69, 9.17) is 4.74 Å². The first-order valence-electron chi connectivity index (χ1n) is 8.18. The second-order valence-corrected chi connectivity index (χ2v) is 6.16. The van der Waals surface area contributed by atoms with E-state index in [0.717, 1.165) is 11.3 Å². The third-order valence-corrected chi connectivity index (χ3v) is 4.03.